The van der Waals surface area contributed by atoms with E-state index in [9.17, 15) is 9.59 Å². The highest BCUT2D eigenvalue weighted by molar-refractivity contribution is 7.80. The van der Waals surface area contributed by atoms with Crippen LogP contribution in [-0.4, -0.2) is 35.9 Å². The summed E-state index contributed by atoms with van der Waals surface area (Å²) in [6, 6.07) is 14.2. The fourth-order valence-electron chi connectivity index (χ4n) is 2.05. The van der Waals surface area contributed by atoms with Crippen LogP contribution in [0.25, 0.3) is 0 Å². The number of anilines is 1. The fourth-order valence-corrected chi connectivity index (χ4v) is 2.26. The van der Waals surface area contributed by atoms with Gasteiger partial charge < -0.3 is 10.2 Å². The van der Waals surface area contributed by atoms with Gasteiger partial charge in [-0.1, -0.05) is 29.8 Å². The van der Waals surface area contributed by atoms with Gasteiger partial charge in [0.1, 0.15) is 0 Å². The fraction of sp³-hybridized carbons (Fsp3) is 0.167. The molecule has 0 unspecified atom stereocenters. The van der Waals surface area contributed by atoms with E-state index < -0.39 is 0 Å². The van der Waals surface area contributed by atoms with E-state index >= 15 is 0 Å². The summed E-state index contributed by atoms with van der Waals surface area (Å²) in [4.78, 5) is 25.8. The van der Waals surface area contributed by atoms with Crippen LogP contribution < -0.4 is 10.6 Å². The smallest absolute Gasteiger partial charge is 0.257 e. The summed E-state index contributed by atoms with van der Waals surface area (Å²) in [5, 5.41) is 5.66. The van der Waals surface area contributed by atoms with Gasteiger partial charge in [-0.2, -0.15) is 0 Å². The van der Waals surface area contributed by atoms with Crippen LogP contribution in [0.2, 0.25) is 0 Å². The van der Waals surface area contributed by atoms with Gasteiger partial charge in [-0.25, -0.2) is 0 Å². The average molecular weight is 341 g/mol. The lowest BCUT2D eigenvalue weighted by molar-refractivity contribution is 0.0828. The SMILES string of the molecule is Cc1ccc(C(=O)NC(=S)Nc2ccccc2C(=O)N(C)C)cc1. The number of rotatable bonds is 3. The van der Waals surface area contributed by atoms with Crippen molar-refractivity contribution in [2.75, 3.05) is 19.4 Å². The van der Waals surface area contributed by atoms with Gasteiger partial charge in [-0.05, 0) is 43.4 Å². The molecule has 6 heteroatoms. The standard InChI is InChI=1S/C18H19N3O2S/c1-12-8-10-13(11-9-12)16(22)20-18(24)19-15-7-5-4-6-14(15)17(23)21(2)3/h4-11H,1-3H3,(H2,19,20,22,24). The molecule has 0 aliphatic carbocycles. The predicted molar refractivity (Wildman–Crippen MR) is 99.3 cm³/mol. The van der Waals surface area contributed by atoms with Gasteiger partial charge in [-0.3, -0.25) is 14.9 Å². The Kier molecular flexibility index (Phi) is 5.65. The summed E-state index contributed by atoms with van der Waals surface area (Å²) in [5.74, 6) is -0.449. The Hall–Kier alpha value is -2.73. The molecule has 124 valence electrons. The summed E-state index contributed by atoms with van der Waals surface area (Å²) in [6.45, 7) is 1.95. The lowest BCUT2D eigenvalue weighted by atomic mass is 10.1. The second-order valence-corrected chi connectivity index (χ2v) is 5.93. The monoisotopic (exact) mass is 341 g/mol. The number of carbonyl (C=O) groups excluding carboxylic acids is 2. The molecular formula is C18H19N3O2S. The predicted octanol–water partition coefficient (Wildman–Crippen LogP) is 2.82. The maximum absolute atomic E-state index is 12.2. The number of thiocarbonyl (C=S) groups is 1. The Bertz CT molecular complexity index is 770. The van der Waals surface area contributed by atoms with Crippen molar-refractivity contribution in [2.45, 2.75) is 6.92 Å². The molecule has 0 saturated carbocycles. The van der Waals surface area contributed by atoms with Gasteiger partial charge >= 0.3 is 0 Å². The zero-order valence-electron chi connectivity index (χ0n) is 13.8. The first-order chi connectivity index (χ1) is 11.4. The molecule has 0 aliphatic rings. The zero-order valence-corrected chi connectivity index (χ0v) is 14.6. The lowest BCUT2D eigenvalue weighted by Crippen LogP contribution is -2.35. The minimum absolute atomic E-state index is 0.139. The number of amides is 2. The third-order valence-electron chi connectivity index (χ3n) is 3.35. The molecule has 0 radical (unpaired) electrons. The number of nitrogens with zero attached hydrogens (tertiary/aromatic N) is 1. The van der Waals surface area contributed by atoms with Gasteiger partial charge in [0.25, 0.3) is 11.8 Å². The molecule has 0 bridgehead atoms. The molecule has 2 rings (SSSR count). The first kappa shape index (κ1) is 17.6. The van der Waals surface area contributed by atoms with Crippen LogP contribution in [0.4, 0.5) is 5.69 Å². The van der Waals surface area contributed by atoms with Crippen LogP contribution >= 0.6 is 12.2 Å². The first-order valence-corrected chi connectivity index (χ1v) is 7.79. The highest BCUT2D eigenvalue weighted by Crippen LogP contribution is 2.16. The number of nitrogens with one attached hydrogen (secondary N) is 2. The second-order valence-electron chi connectivity index (χ2n) is 5.52. The summed E-state index contributed by atoms with van der Waals surface area (Å²) in [6.07, 6.45) is 0. The molecule has 24 heavy (non-hydrogen) atoms. The van der Waals surface area contributed by atoms with Crippen molar-refractivity contribution in [2.24, 2.45) is 0 Å². The first-order valence-electron chi connectivity index (χ1n) is 7.38. The third kappa shape index (κ3) is 4.39. The number of hydrogen-bond acceptors (Lipinski definition) is 3. The van der Waals surface area contributed by atoms with E-state index in [1.165, 1.54) is 4.90 Å². The number of hydrogen-bond donors (Lipinski definition) is 2. The van der Waals surface area contributed by atoms with E-state index in [2.05, 4.69) is 10.6 Å². The zero-order chi connectivity index (χ0) is 17.7. The van der Waals surface area contributed by atoms with E-state index in [0.29, 0.717) is 16.8 Å². The molecule has 0 fully saturated rings. The number of para-hydroxylation sites is 1. The van der Waals surface area contributed by atoms with Crippen LogP contribution in [0.1, 0.15) is 26.3 Å². The lowest BCUT2D eigenvalue weighted by Gasteiger charge is -2.16. The van der Waals surface area contributed by atoms with Crippen LogP contribution in [0.5, 0.6) is 0 Å². The molecule has 0 spiro atoms. The van der Waals surface area contributed by atoms with Gasteiger partial charge in [0.15, 0.2) is 5.11 Å². The van der Waals surface area contributed by atoms with Crippen molar-refractivity contribution in [3.05, 3.63) is 65.2 Å². The Labute approximate surface area is 146 Å². The highest BCUT2D eigenvalue weighted by Gasteiger charge is 2.14. The maximum atomic E-state index is 12.2. The quantitative estimate of drug-likeness (QED) is 0.843. The largest absolute Gasteiger partial charge is 0.345 e. The summed E-state index contributed by atoms with van der Waals surface area (Å²) in [5.41, 5.74) is 2.62. The molecule has 5 nitrogen and oxygen atoms in total. The minimum Gasteiger partial charge on any atom is -0.345 e. The maximum Gasteiger partial charge on any atom is 0.257 e. The van der Waals surface area contributed by atoms with Crippen LogP contribution in [0, 0.1) is 6.92 Å². The molecule has 2 N–H and O–H groups in total. The van der Waals surface area contributed by atoms with Gasteiger partial charge in [0.2, 0.25) is 0 Å². The Morgan fingerprint density at radius 3 is 2.25 bits per heavy atom. The van der Waals surface area contributed by atoms with Crippen molar-refractivity contribution in [3.8, 4) is 0 Å². The van der Waals surface area contributed by atoms with Crippen LogP contribution in [0.3, 0.4) is 0 Å². The van der Waals surface area contributed by atoms with Gasteiger partial charge in [-0.15, -0.1) is 0 Å². The normalized spacial score (nSPS) is 9.96. The molecule has 2 aromatic carbocycles. The van der Waals surface area contributed by atoms with Crippen molar-refractivity contribution in [1.29, 1.82) is 0 Å². The van der Waals surface area contributed by atoms with Crippen molar-refractivity contribution >= 4 is 34.8 Å². The second kappa shape index (κ2) is 7.70. The molecule has 0 aromatic heterocycles. The van der Waals surface area contributed by atoms with E-state index in [1.807, 2.05) is 19.1 Å². The molecule has 0 aliphatic heterocycles. The number of benzene rings is 2. The summed E-state index contributed by atoms with van der Waals surface area (Å²) in [7, 11) is 3.35. The van der Waals surface area contributed by atoms with Crippen molar-refractivity contribution in [3.63, 3.8) is 0 Å². The van der Waals surface area contributed by atoms with E-state index in [1.54, 1.807) is 50.5 Å². The summed E-state index contributed by atoms with van der Waals surface area (Å²) < 4.78 is 0. The van der Waals surface area contributed by atoms with Gasteiger partial charge in [0.05, 0.1) is 11.3 Å². The number of carbonyl (C=O) groups is 2. The van der Waals surface area contributed by atoms with Gasteiger partial charge in [0, 0.05) is 19.7 Å². The minimum atomic E-state index is -0.302. The molecule has 2 amide bonds. The highest BCUT2D eigenvalue weighted by atomic mass is 32.1. The molecule has 0 atom stereocenters. The van der Waals surface area contributed by atoms with E-state index in [0.717, 1.165) is 5.56 Å². The van der Waals surface area contributed by atoms with E-state index in [4.69, 9.17) is 12.2 Å². The van der Waals surface area contributed by atoms with E-state index in [-0.39, 0.29) is 16.9 Å². The Morgan fingerprint density at radius 2 is 1.62 bits per heavy atom. The Morgan fingerprint density at radius 1 is 1.00 bits per heavy atom. The van der Waals surface area contributed by atoms with Crippen molar-refractivity contribution in [1.82, 2.24) is 10.2 Å². The van der Waals surface area contributed by atoms with Crippen LogP contribution in [-0.2, 0) is 0 Å². The number of aryl methyl sites for hydroxylation is 1. The average Bonchev–Trinajstić information content (AvgIpc) is 2.55. The molecule has 0 saturated heterocycles. The summed E-state index contributed by atoms with van der Waals surface area (Å²) >= 11 is 5.18. The third-order valence-corrected chi connectivity index (χ3v) is 3.56. The molecule has 2 aromatic rings. The van der Waals surface area contributed by atoms with Crippen molar-refractivity contribution < 1.29 is 9.59 Å². The topological polar surface area (TPSA) is 61.4 Å². The molecular weight excluding hydrogens is 322 g/mol. The molecule has 0 heterocycles. The van der Waals surface area contributed by atoms with Crippen LogP contribution in [0.15, 0.2) is 48.5 Å². The Balaban J connectivity index is 2.09.